The smallest absolute Gasteiger partial charge is 0.190 e. The molecule has 1 aliphatic rings. The number of nitrogens with zero attached hydrogens (tertiary/aromatic N) is 1. The van der Waals surface area contributed by atoms with E-state index >= 15 is 0 Å². The van der Waals surface area contributed by atoms with Crippen LogP contribution in [0.4, 0.5) is 0 Å². The fourth-order valence-corrected chi connectivity index (χ4v) is 1.89. The summed E-state index contributed by atoms with van der Waals surface area (Å²) in [5.74, 6) is 2.69. The predicted molar refractivity (Wildman–Crippen MR) is 83.4 cm³/mol. The second-order valence-electron chi connectivity index (χ2n) is 5.34. The van der Waals surface area contributed by atoms with Gasteiger partial charge in [0.05, 0.1) is 6.61 Å². The van der Waals surface area contributed by atoms with E-state index in [-0.39, 0.29) is 0 Å². The Hall–Kier alpha value is -1.71. The van der Waals surface area contributed by atoms with E-state index in [0.29, 0.717) is 0 Å². The number of rotatable bonds is 7. The van der Waals surface area contributed by atoms with E-state index in [1.807, 2.05) is 19.2 Å². The molecule has 4 heteroatoms. The average molecular weight is 275 g/mol. The lowest BCUT2D eigenvalue weighted by atomic mass is 10.2. The Bertz CT molecular complexity index is 424. The molecule has 1 saturated carbocycles. The van der Waals surface area contributed by atoms with Gasteiger partial charge in [0.1, 0.15) is 5.75 Å². The Morgan fingerprint density at radius 1 is 1.25 bits per heavy atom. The van der Waals surface area contributed by atoms with Gasteiger partial charge in [-0.2, -0.15) is 0 Å². The zero-order valence-electron chi connectivity index (χ0n) is 12.5. The van der Waals surface area contributed by atoms with Crippen LogP contribution in [0.1, 0.15) is 24.8 Å². The highest BCUT2D eigenvalue weighted by atomic mass is 16.5. The van der Waals surface area contributed by atoms with E-state index in [2.05, 4.69) is 34.7 Å². The quantitative estimate of drug-likeness (QED) is 0.456. The summed E-state index contributed by atoms with van der Waals surface area (Å²) in [7, 11) is 1.81. The van der Waals surface area contributed by atoms with Crippen LogP contribution >= 0.6 is 0 Å². The summed E-state index contributed by atoms with van der Waals surface area (Å²) in [5, 5.41) is 6.65. The predicted octanol–water partition coefficient (Wildman–Crippen LogP) is 2.34. The average Bonchev–Trinajstić information content (AvgIpc) is 3.28. The van der Waals surface area contributed by atoms with Crippen LogP contribution < -0.4 is 15.4 Å². The number of aryl methyl sites for hydroxylation is 1. The fourth-order valence-electron chi connectivity index (χ4n) is 1.89. The van der Waals surface area contributed by atoms with Crippen molar-refractivity contribution in [3.05, 3.63) is 29.8 Å². The molecule has 0 amide bonds. The van der Waals surface area contributed by atoms with Gasteiger partial charge in [-0.15, -0.1) is 0 Å². The number of ether oxygens (including phenoxy) is 1. The number of benzene rings is 1. The monoisotopic (exact) mass is 275 g/mol. The molecule has 1 fully saturated rings. The number of hydrogen-bond acceptors (Lipinski definition) is 2. The molecule has 0 unspecified atom stereocenters. The van der Waals surface area contributed by atoms with Gasteiger partial charge in [-0.1, -0.05) is 17.7 Å². The van der Waals surface area contributed by atoms with Gasteiger partial charge < -0.3 is 15.4 Å². The minimum absolute atomic E-state index is 0.718. The van der Waals surface area contributed by atoms with Crippen LogP contribution in [0, 0.1) is 12.8 Å². The molecular weight excluding hydrogens is 250 g/mol. The van der Waals surface area contributed by atoms with Crippen LogP contribution in [0.2, 0.25) is 0 Å². The molecule has 0 atom stereocenters. The molecule has 20 heavy (non-hydrogen) atoms. The minimum atomic E-state index is 0.718. The molecule has 0 radical (unpaired) electrons. The molecule has 1 aromatic rings. The van der Waals surface area contributed by atoms with Crippen molar-refractivity contribution in [2.45, 2.75) is 26.2 Å². The molecule has 0 aliphatic heterocycles. The highest BCUT2D eigenvalue weighted by Crippen LogP contribution is 2.27. The molecule has 0 heterocycles. The van der Waals surface area contributed by atoms with Crippen LogP contribution in [0.5, 0.6) is 5.75 Å². The minimum Gasteiger partial charge on any atom is -0.494 e. The van der Waals surface area contributed by atoms with Crippen LogP contribution in [-0.2, 0) is 0 Å². The lowest BCUT2D eigenvalue weighted by Crippen LogP contribution is -2.39. The lowest BCUT2D eigenvalue weighted by Gasteiger charge is -2.11. The Labute approximate surface area is 121 Å². The molecule has 110 valence electrons. The van der Waals surface area contributed by atoms with Gasteiger partial charge in [-0.25, -0.2) is 0 Å². The van der Waals surface area contributed by atoms with E-state index in [9.17, 15) is 0 Å². The summed E-state index contributed by atoms with van der Waals surface area (Å²) in [6.45, 7) is 4.71. The second kappa shape index (κ2) is 7.78. The lowest BCUT2D eigenvalue weighted by molar-refractivity contribution is 0.311. The molecule has 0 spiro atoms. The summed E-state index contributed by atoms with van der Waals surface area (Å²) in [6.07, 6.45) is 3.67. The van der Waals surface area contributed by atoms with Crippen LogP contribution in [0.3, 0.4) is 0 Å². The molecule has 0 aromatic heterocycles. The number of hydrogen-bond donors (Lipinski definition) is 2. The highest BCUT2D eigenvalue weighted by molar-refractivity contribution is 5.79. The van der Waals surface area contributed by atoms with E-state index in [1.54, 1.807) is 0 Å². The van der Waals surface area contributed by atoms with Gasteiger partial charge in [0, 0.05) is 20.1 Å². The van der Waals surface area contributed by atoms with Gasteiger partial charge in [-0.3, -0.25) is 4.99 Å². The molecular formula is C16H25N3O. The van der Waals surface area contributed by atoms with Gasteiger partial charge in [0.25, 0.3) is 0 Å². The van der Waals surface area contributed by atoms with Crippen molar-refractivity contribution < 1.29 is 4.74 Å². The zero-order valence-corrected chi connectivity index (χ0v) is 12.5. The maximum atomic E-state index is 5.68. The number of guanidine groups is 1. The third kappa shape index (κ3) is 5.51. The van der Waals surface area contributed by atoms with Gasteiger partial charge in [0.2, 0.25) is 0 Å². The first kappa shape index (κ1) is 14.7. The van der Waals surface area contributed by atoms with E-state index in [1.165, 1.54) is 18.4 Å². The first-order valence-corrected chi connectivity index (χ1v) is 7.42. The van der Waals surface area contributed by atoms with Crippen LogP contribution in [0.15, 0.2) is 29.3 Å². The van der Waals surface area contributed by atoms with E-state index in [0.717, 1.165) is 43.7 Å². The Balaban J connectivity index is 1.54. The van der Waals surface area contributed by atoms with Gasteiger partial charge in [-0.05, 0) is 44.2 Å². The standard InChI is InChI=1S/C16H25N3O/c1-13-4-8-15(9-5-13)20-11-3-10-18-16(17-2)19-12-14-6-7-14/h4-5,8-9,14H,3,6-7,10-12H2,1-2H3,(H2,17,18,19). The largest absolute Gasteiger partial charge is 0.494 e. The fraction of sp³-hybridized carbons (Fsp3) is 0.562. The Morgan fingerprint density at radius 2 is 2.00 bits per heavy atom. The zero-order chi connectivity index (χ0) is 14.2. The normalized spacial score (nSPS) is 15.0. The van der Waals surface area contributed by atoms with E-state index in [4.69, 9.17) is 4.74 Å². The van der Waals surface area contributed by atoms with Crippen LogP contribution in [0.25, 0.3) is 0 Å². The highest BCUT2D eigenvalue weighted by Gasteiger charge is 2.20. The first-order valence-electron chi connectivity index (χ1n) is 7.42. The van der Waals surface area contributed by atoms with Gasteiger partial charge >= 0.3 is 0 Å². The second-order valence-corrected chi connectivity index (χ2v) is 5.34. The summed E-state index contributed by atoms with van der Waals surface area (Å²) in [6, 6.07) is 8.16. The molecule has 2 N–H and O–H groups in total. The summed E-state index contributed by atoms with van der Waals surface area (Å²) in [4.78, 5) is 4.21. The van der Waals surface area contributed by atoms with E-state index < -0.39 is 0 Å². The number of nitrogens with one attached hydrogen (secondary N) is 2. The summed E-state index contributed by atoms with van der Waals surface area (Å²) in [5.41, 5.74) is 1.25. The number of aliphatic imine (C=N–C) groups is 1. The van der Waals surface area contributed by atoms with Crippen molar-refractivity contribution in [1.82, 2.24) is 10.6 Å². The third-order valence-corrected chi connectivity index (χ3v) is 3.38. The molecule has 1 aliphatic carbocycles. The van der Waals surface area contributed by atoms with Crippen molar-refractivity contribution in [2.24, 2.45) is 10.9 Å². The van der Waals surface area contributed by atoms with Crippen LogP contribution in [-0.4, -0.2) is 32.7 Å². The van der Waals surface area contributed by atoms with Crippen molar-refractivity contribution in [2.75, 3.05) is 26.7 Å². The van der Waals surface area contributed by atoms with Crippen molar-refractivity contribution in [3.63, 3.8) is 0 Å². The third-order valence-electron chi connectivity index (χ3n) is 3.38. The summed E-state index contributed by atoms with van der Waals surface area (Å²) >= 11 is 0. The molecule has 4 nitrogen and oxygen atoms in total. The Kier molecular flexibility index (Phi) is 5.71. The van der Waals surface area contributed by atoms with Crippen molar-refractivity contribution >= 4 is 5.96 Å². The molecule has 1 aromatic carbocycles. The Morgan fingerprint density at radius 3 is 2.65 bits per heavy atom. The maximum Gasteiger partial charge on any atom is 0.190 e. The topological polar surface area (TPSA) is 45.7 Å². The van der Waals surface area contributed by atoms with Crippen molar-refractivity contribution in [1.29, 1.82) is 0 Å². The van der Waals surface area contributed by atoms with Crippen molar-refractivity contribution in [3.8, 4) is 5.75 Å². The SMILES string of the molecule is CN=C(NCCCOc1ccc(C)cc1)NCC1CC1. The van der Waals surface area contributed by atoms with Gasteiger partial charge in [0.15, 0.2) is 5.96 Å². The molecule has 2 rings (SSSR count). The maximum absolute atomic E-state index is 5.68. The first-order chi connectivity index (χ1) is 9.78. The summed E-state index contributed by atoms with van der Waals surface area (Å²) < 4.78 is 5.68. The molecule has 0 bridgehead atoms. The molecule has 0 saturated heterocycles.